The molecule has 15 heavy (non-hydrogen) atoms. The Morgan fingerprint density at radius 2 is 1.80 bits per heavy atom. The van der Waals surface area contributed by atoms with E-state index in [0.717, 1.165) is 0 Å². The molecule has 0 saturated heterocycles. The second-order valence-electron chi connectivity index (χ2n) is 3.03. The molecule has 3 N–H and O–H groups in total. The van der Waals surface area contributed by atoms with Crippen LogP contribution in [0.5, 0.6) is 11.5 Å². The van der Waals surface area contributed by atoms with Gasteiger partial charge in [0.1, 0.15) is 0 Å². The zero-order valence-electron chi connectivity index (χ0n) is 8.66. The van der Waals surface area contributed by atoms with Crippen LogP contribution >= 0.6 is 0 Å². The highest BCUT2D eigenvalue weighted by atomic mass is 19.1. The average molecular weight is 215 g/mol. The third kappa shape index (κ3) is 2.37. The van der Waals surface area contributed by atoms with Crippen molar-refractivity contribution >= 4 is 0 Å². The molecule has 4 nitrogen and oxygen atoms in total. The highest BCUT2D eigenvalue weighted by molar-refractivity contribution is 5.41. The van der Waals surface area contributed by atoms with E-state index in [1.807, 2.05) is 0 Å². The van der Waals surface area contributed by atoms with E-state index >= 15 is 0 Å². The summed E-state index contributed by atoms with van der Waals surface area (Å²) in [5.74, 6) is -0.476. The van der Waals surface area contributed by atoms with Gasteiger partial charge in [0.05, 0.1) is 26.9 Å². The van der Waals surface area contributed by atoms with Crippen molar-refractivity contribution in [3.63, 3.8) is 0 Å². The molecule has 0 aromatic heterocycles. The number of hydrogen-bond acceptors (Lipinski definition) is 4. The molecular formula is C10H14FNO3. The van der Waals surface area contributed by atoms with Gasteiger partial charge >= 0.3 is 0 Å². The third-order valence-electron chi connectivity index (χ3n) is 2.09. The normalized spacial score (nSPS) is 12.3. The first-order valence-corrected chi connectivity index (χ1v) is 4.41. The third-order valence-corrected chi connectivity index (χ3v) is 2.09. The van der Waals surface area contributed by atoms with Gasteiger partial charge in [-0.2, -0.15) is 4.39 Å². The smallest absolute Gasteiger partial charge is 0.206 e. The van der Waals surface area contributed by atoms with Gasteiger partial charge in [-0.05, 0) is 17.7 Å². The molecule has 0 aliphatic heterocycles. The van der Waals surface area contributed by atoms with Crippen LogP contribution in [0, 0.1) is 5.82 Å². The summed E-state index contributed by atoms with van der Waals surface area (Å²) in [5.41, 5.74) is 6.17. The van der Waals surface area contributed by atoms with Crippen molar-refractivity contribution in [2.24, 2.45) is 5.73 Å². The summed E-state index contributed by atoms with van der Waals surface area (Å²) >= 11 is 0. The van der Waals surface area contributed by atoms with Gasteiger partial charge in [0, 0.05) is 0 Å². The molecule has 0 fully saturated rings. The summed E-state index contributed by atoms with van der Waals surface area (Å²) in [5, 5.41) is 8.88. The van der Waals surface area contributed by atoms with Crippen molar-refractivity contribution < 1.29 is 19.0 Å². The number of ether oxygens (including phenoxy) is 2. The maximum atomic E-state index is 13.5. The summed E-state index contributed by atoms with van der Waals surface area (Å²) in [6.07, 6.45) is 0. The Bertz CT molecular complexity index is 318. The molecule has 0 saturated carbocycles. The second kappa shape index (κ2) is 4.95. The summed E-state index contributed by atoms with van der Waals surface area (Å²) in [6, 6.07) is 2.31. The lowest BCUT2D eigenvalue weighted by Gasteiger charge is -2.13. The summed E-state index contributed by atoms with van der Waals surface area (Å²) < 4.78 is 23.1. The molecule has 0 heterocycles. The fraction of sp³-hybridized carbons (Fsp3) is 0.400. The average Bonchev–Trinajstić information content (AvgIpc) is 2.28. The number of aliphatic hydroxyl groups is 1. The zero-order chi connectivity index (χ0) is 11.4. The first kappa shape index (κ1) is 11.7. The number of benzene rings is 1. The number of methoxy groups -OCH3 is 2. The molecule has 1 unspecified atom stereocenters. The minimum Gasteiger partial charge on any atom is -0.494 e. The van der Waals surface area contributed by atoms with Crippen LogP contribution in [0.2, 0.25) is 0 Å². The number of rotatable bonds is 4. The van der Waals surface area contributed by atoms with Crippen molar-refractivity contribution in [3.8, 4) is 11.5 Å². The van der Waals surface area contributed by atoms with E-state index in [-0.39, 0.29) is 18.1 Å². The van der Waals surface area contributed by atoms with E-state index < -0.39 is 11.9 Å². The Kier molecular flexibility index (Phi) is 3.88. The quantitative estimate of drug-likeness (QED) is 0.781. The standard InChI is InChI=1S/C10H14FNO3/c1-14-8-3-6(7(12)5-13)4-9(15-2)10(8)11/h3-4,7,13H,5,12H2,1-2H3. The lowest BCUT2D eigenvalue weighted by Crippen LogP contribution is -2.15. The molecule has 5 heteroatoms. The SMILES string of the molecule is COc1cc(C(N)CO)cc(OC)c1F. The lowest BCUT2D eigenvalue weighted by atomic mass is 10.1. The first-order chi connectivity index (χ1) is 7.13. The predicted octanol–water partition coefficient (Wildman–Crippen LogP) is 0.835. The van der Waals surface area contributed by atoms with Crippen molar-refractivity contribution in [1.82, 2.24) is 0 Å². The minimum atomic E-state index is -0.576. The number of aliphatic hydroxyl groups excluding tert-OH is 1. The van der Waals surface area contributed by atoms with Crippen molar-refractivity contribution in [2.45, 2.75) is 6.04 Å². The molecule has 84 valence electrons. The molecule has 0 aliphatic rings. The highest BCUT2D eigenvalue weighted by Gasteiger charge is 2.15. The van der Waals surface area contributed by atoms with Crippen LogP contribution in [-0.4, -0.2) is 25.9 Å². The van der Waals surface area contributed by atoms with Gasteiger partial charge < -0.3 is 20.3 Å². The molecule has 0 spiro atoms. The van der Waals surface area contributed by atoms with Crippen LogP contribution in [0.1, 0.15) is 11.6 Å². The molecule has 0 radical (unpaired) electrons. The molecule has 1 atom stereocenters. The fourth-order valence-corrected chi connectivity index (χ4v) is 1.21. The monoisotopic (exact) mass is 215 g/mol. The summed E-state index contributed by atoms with van der Waals surface area (Å²) in [4.78, 5) is 0. The van der Waals surface area contributed by atoms with Crippen molar-refractivity contribution in [3.05, 3.63) is 23.5 Å². The number of nitrogens with two attached hydrogens (primary N) is 1. The van der Waals surface area contributed by atoms with Crippen LogP contribution in [0.3, 0.4) is 0 Å². The molecule has 1 aromatic carbocycles. The molecule has 0 bridgehead atoms. The predicted molar refractivity (Wildman–Crippen MR) is 53.5 cm³/mol. The van der Waals surface area contributed by atoms with Crippen LogP contribution < -0.4 is 15.2 Å². The molecule has 0 aliphatic carbocycles. The van der Waals surface area contributed by atoms with Gasteiger partial charge in [-0.15, -0.1) is 0 Å². The second-order valence-corrected chi connectivity index (χ2v) is 3.03. The van der Waals surface area contributed by atoms with Crippen LogP contribution in [-0.2, 0) is 0 Å². The molecule has 1 rings (SSSR count). The minimum absolute atomic E-state index is 0.0493. The van der Waals surface area contributed by atoms with E-state index in [2.05, 4.69) is 0 Å². The van der Waals surface area contributed by atoms with Gasteiger partial charge in [-0.25, -0.2) is 0 Å². The first-order valence-electron chi connectivity index (χ1n) is 4.41. The van der Waals surface area contributed by atoms with Gasteiger partial charge in [0.15, 0.2) is 11.5 Å². The van der Waals surface area contributed by atoms with E-state index in [1.165, 1.54) is 26.4 Å². The number of halogens is 1. The fourth-order valence-electron chi connectivity index (χ4n) is 1.21. The Labute approximate surface area is 87.4 Å². The maximum absolute atomic E-state index is 13.5. The van der Waals surface area contributed by atoms with Crippen LogP contribution in [0.4, 0.5) is 4.39 Å². The topological polar surface area (TPSA) is 64.7 Å². The van der Waals surface area contributed by atoms with Gasteiger partial charge in [0.2, 0.25) is 5.82 Å². The van der Waals surface area contributed by atoms with E-state index in [4.69, 9.17) is 20.3 Å². The zero-order valence-corrected chi connectivity index (χ0v) is 8.66. The Balaban J connectivity index is 3.20. The largest absolute Gasteiger partial charge is 0.494 e. The van der Waals surface area contributed by atoms with Gasteiger partial charge in [-0.1, -0.05) is 0 Å². The van der Waals surface area contributed by atoms with Crippen LogP contribution in [0.25, 0.3) is 0 Å². The highest BCUT2D eigenvalue weighted by Crippen LogP contribution is 2.30. The maximum Gasteiger partial charge on any atom is 0.206 e. The van der Waals surface area contributed by atoms with Crippen molar-refractivity contribution in [1.29, 1.82) is 0 Å². The van der Waals surface area contributed by atoms with Gasteiger partial charge in [-0.3, -0.25) is 0 Å². The Morgan fingerprint density at radius 3 is 2.13 bits per heavy atom. The van der Waals surface area contributed by atoms with Crippen LogP contribution in [0.15, 0.2) is 12.1 Å². The lowest BCUT2D eigenvalue weighted by molar-refractivity contribution is 0.267. The van der Waals surface area contributed by atoms with E-state index in [0.29, 0.717) is 5.56 Å². The Hall–Kier alpha value is -1.33. The molecule has 0 amide bonds. The van der Waals surface area contributed by atoms with E-state index in [9.17, 15) is 4.39 Å². The van der Waals surface area contributed by atoms with E-state index in [1.54, 1.807) is 0 Å². The number of hydrogen-bond donors (Lipinski definition) is 2. The van der Waals surface area contributed by atoms with Gasteiger partial charge in [0.25, 0.3) is 0 Å². The summed E-state index contributed by atoms with van der Waals surface area (Å²) in [7, 11) is 2.71. The summed E-state index contributed by atoms with van der Waals surface area (Å²) in [6.45, 7) is -0.224. The molecule has 1 aromatic rings. The Morgan fingerprint density at radius 1 is 1.33 bits per heavy atom. The molecular weight excluding hydrogens is 201 g/mol. The van der Waals surface area contributed by atoms with Crippen molar-refractivity contribution in [2.75, 3.05) is 20.8 Å².